The molecule has 0 amide bonds. The lowest BCUT2D eigenvalue weighted by Crippen LogP contribution is -2.45. The monoisotopic (exact) mass is 496 g/mol. The third kappa shape index (κ3) is 8.77. The van der Waals surface area contributed by atoms with Gasteiger partial charge < -0.3 is 23.7 Å². The zero-order valence-corrected chi connectivity index (χ0v) is 20.7. The summed E-state index contributed by atoms with van der Waals surface area (Å²) in [6.45, 7) is 1.15. The zero-order valence-electron chi connectivity index (χ0n) is 20.7. The first-order valence-electron chi connectivity index (χ1n) is 12.4. The van der Waals surface area contributed by atoms with Crippen LogP contribution in [0.4, 0.5) is 0 Å². The van der Waals surface area contributed by atoms with Crippen molar-refractivity contribution < 1.29 is 23.7 Å². The van der Waals surface area contributed by atoms with Crippen LogP contribution in [0.2, 0.25) is 0 Å². The van der Waals surface area contributed by atoms with E-state index >= 15 is 0 Å². The van der Waals surface area contributed by atoms with E-state index in [9.17, 15) is 4.79 Å². The first kappa shape index (κ1) is 26.5. The molecule has 0 aliphatic heterocycles. The number of rotatable bonds is 15. The summed E-state index contributed by atoms with van der Waals surface area (Å²) in [5, 5.41) is 0. The zero-order chi connectivity index (χ0) is 25.5. The van der Waals surface area contributed by atoms with E-state index in [4.69, 9.17) is 18.9 Å². The molecular weight excluding hydrogens is 464 g/mol. The van der Waals surface area contributed by atoms with Gasteiger partial charge in [-0.25, -0.2) is 0 Å². The average Bonchev–Trinajstić information content (AvgIpc) is 2.97. The molecule has 0 saturated carbocycles. The highest BCUT2D eigenvalue weighted by Crippen LogP contribution is 2.20. The maximum atomic E-state index is 12.3. The molecule has 0 unspecified atom stereocenters. The Kier molecular flexibility index (Phi) is 10.6. The second-order valence-corrected chi connectivity index (χ2v) is 8.62. The van der Waals surface area contributed by atoms with Gasteiger partial charge in [0.05, 0.1) is 26.4 Å². The Labute approximate surface area is 218 Å². The predicted molar refractivity (Wildman–Crippen MR) is 142 cm³/mol. The summed E-state index contributed by atoms with van der Waals surface area (Å²) >= 11 is 0. The molecule has 0 spiro atoms. The van der Waals surface area contributed by atoms with Crippen molar-refractivity contribution in [2.75, 3.05) is 0 Å². The summed E-state index contributed by atoms with van der Waals surface area (Å²) in [5.74, 6) is 0. The van der Waals surface area contributed by atoms with E-state index in [1.165, 1.54) is 0 Å². The molecule has 4 aromatic rings. The van der Waals surface area contributed by atoms with Gasteiger partial charge in [-0.05, 0) is 22.3 Å². The number of aldehydes is 1. The van der Waals surface area contributed by atoms with E-state index < -0.39 is 18.5 Å². The normalized spacial score (nSPS) is 12.8. The molecule has 0 fully saturated rings. The smallest absolute Gasteiger partial charge is 0.187 e. The van der Waals surface area contributed by atoms with E-state index in [1.54, 1.807) is 0 Å². The molecular formula is C32H32O5. The number of benzene rings is 4. The standard InChI is InChI=1S/C32H32O5/c33-21-30(34-22-26-13-5-1-6-14-26)31(35-23-27-15-7-2-8-16-27)32(36-24-28-17-9-3-10-18-28)37-25-29-19-11-4-12-20-29/h1-21,30-32H,22-25H2/t30-,31-/m1/s1. The molecule has 0 heterocycles. The lowest BCUT2D eigenvalue weighted by atomic mass is 10.1. The number of hydrogen-bond donors (Lipinski definition) is 0. The first-order valence-corrected chi connectivity index (χ1v) is 12.4. The minimum absolute atomic E-state index is 0.263. The fourth-order valence-electron chi connectivity index (χ4n) is 3.82. The maximum Gasteiger partial charge on any atom is 0.187 e. The Morgan fingerprint density at radius 2 is 0.784 bits per heavy atom. The molecule has 4 aromatic carbocycles. The van der Waals surface area contributed by atoms with Crippen molar-refractivity contribution in [2.24, 2.45) is 0 Å². The summed E-state index contributed by atoms with van der Waals surface area (Å²) in [6.07, 6.45) is -1.78. The Balaban J connectivity index is 1.54. The Hall–Kier alpha value is -3.61. The number of carbonyl (C=O) groups is 1. The van der Waals surface area contributed by atoms with Gasteiger partial charge in [-0.2, -0.15) is 0 Å². The predicted octanol–water partition coefficient (Wildman–Crippen LogP) is 6.12. The summed E-state index contributed by atoms with van der Waals surface area (Å²) < 4.78 is 24.9. The summed E-state index contributed by atoms with van der Waals surface area (Å²) in [4.78, 5) is 12.3. The molecule has 4 rings (SSSR count). The highest BCUT2D eigenvalue weighted by Gasteiger charge is 2.33. The highest BCUT2D eigenvalue weighted by molar-refractivity contribution is 5.57. The highest BCUT2D eigenvalue weighted by atomic mass is 16.7. The van der Waals surface area contributed by atoms with Crippen molar-refractivity contribution in [3.8, 4) is 0 Å². The topological polar surface area (TPSA) is 54.0 Å². The molecule has 5 heteroatoms. The Morgan fingerprint density at radius 1 is 0.459 bits per heavy atom. The van der Waals surface area contributed by atoms with Gasteiger partial charge in [0.15, 0.2) is 12.6 Å². The average molecular weight is 497 g/mol. The molecule has 0 aliphatic carbocycles. The van der Waals surface area contributed by atoms with Crippen LogP contribution in [0.25, 0.3) is 0 Å². The van der Waals surface area contributed by atoms with E-state index in [0.29, 0.717) is 13.2 Å². The summed E-state index contributed by atoms with van der Waals surface area (Å²) in [5.41, 5.74) is 3.92. The van der Waals surface area contributed by atoms with Crippen molar-refractivity contribution in [2.45, 2.75) is 44.9 Å². The van der Waals surface area contributed by atoms with E-state index in [2.05, 4.69) is 0 Å². The van der Waals surface area contributed by atoms with Crippen LogP contribution in [0.3, 0.4) is 0 Å². The summed E-state index contributed by atoms with van der Waals surface area (Å²) in [6, 6.07) is 39.2. The van der Waals surface area contributed by atoms with Gasteiger partial charge >= 0.3 is 0 Å². The number of carbonyl (C=O) groups excluding carboxylic acids is 1. The van der Waals surface area contributed by atoms with Crippen molar-refractivity contribution in [1.82, 2.24) is 0 Å². The Bertz CT molecular complexity index is 1110. The van der Waals surface area contributed by atoms with Gasteiger partial charge in [0, 0.05) is 0 Å². The van der Waals surface area contributed by atoms with Gasteiger partial charge in [0.25, 0.3) is 0 Å². The van der Waals surface area contributed by atoms with Gasteiger partial charge in [-0.1, -0.05) is 121 Å². The maximum absolute atomic E-state index is 12.3. The number of hydrogen-bond acceptors (Lipinski definition) is 5. The van der Waals surface area contributed by atoms with Crippen LogP contribution in [-0.2, 0) is 50.2 Å². The molecule has 0 aromatic heterocycles. The molecule has 2 atom stereocenters. The largest absolute Gasteiger partial charge is 0.365 e. The van der Waals surface area contributed by atoms with Crippen LogP contribution in [0.5, 0.6) is 0 Å². The third-order valence-electron chi connectivity index (χ3n) is 5.81. The molecule has 37 heavy (non-hydrogen) atoms. The molecule has 0 bridgehead atoms. The number of ether oxygens (including phenoxy) is 4. The molecule has 5 nitrogen and oxygen atoms in total. The molecule has 0 N–H and O–H groups in total. The summed E-state index contributed by atoms with van der Waals surface area (Å²) in [7, 11) is 0. The lowest BCUT2D eigenvalue weighted by molar-refractivity contribution is -0.243. The van der Waals surface area contributed by atoms with Crippen LogP contribution >= 0.6 is 0 Å². The van der Waals surface area contributed by atoms with Gasteiger partial charge in [0.1, 0.15) is 12.2 Å². The van der Waals surface area contributed by atoms with Crippen LogP contribution in [0.1, 0.15) is 22.3 Å². The minimum Gasteiger partial charge on any atom is -0.365 e. The molecule has 0 aliphatic rings. The SMILES string of the molecule is O=C[C@@H](OCc1ccccc1)[C@@H](OCc1ccccc1)C(OCc1ccccc1)OCc1ccccc1. The molecule has 190 valence electrons. The van der Waals surface area contributed by atoms with E-state index in [1.807, 2.05) is 121 Å². The first-order chi connectivity index (χ1) is 18.3. The lowest BCUT2D eigenvalue weighted by Gasteiger charge is -2.31. The van der Waals surface area contributed by atoms with Crippen LogP contribution in [0.15, 0.2) is 121 Å². The van der Waals surface area contributed by atoms with Crippen LogP contribution < -0.4 is 0 Å². The second kappa shape index (κ2) is 14.8. The van der Waals surface area contributed by atoms with Gasteiger partial charge in [-0.3, -0.25) is 0 Å². The van der Waals surface area contributed by atoms with E-state index in [-0.39, 0.29) is 13.2 Å². The van der Waals surface area contributed by atoms with E-state index in [0.717, 1.165) is 28.5 Å². The molecule has 0 radical (unpaired) electrons. The van der Waals surface area contributed by atoms with Crippen molar-refractivity contribution in [1.29, 1.82) is 0 Å². The van der Waals surface area contributed by atoms with Gasteiger partial charge in [0.2, 0.25) is 0 Å². The fourth-order valence-corrected chi connectivity index (χ4v) is 3.82. The quantitative estimate of drug-likeness (QED) is 0.147. The van der Waals surface area contributed by atoms with Crippen molar-refractivity contribution in [3.63, 3.8) is 0 Å². The second-order valence-electron chi connectivity index (χ2n) is 8.62. The van der Waals surface area contributed by atoms with Crippen LogP contribution in [0, 0.1) is 0 Å². The fraction of sp³-hybridized carbons (Fsp3) is 0.219. The van der Waals surface area contributed by atoms with Crippen molar-refractivity contribution >= 4 is 6.29 Å². The minimum atomic E-state index is -0.902. The Morgan fingerprint density at radius 3 is 1.14 bits per heavy atom. The van der Waals surface area contributed by atoms with Crippen molar-refractivity contribution in [3.05, 3.63) is 144 Å². The molecule has 0 saturated heterocycles. The van der Waals surface area contributed by atoms with Gasteiger partial charge in [-0.15, -0.1) is 0 Å². The van der Waals surface area contributed by atoms with Crippen LogP contribution in [-0.4, -0.2) is 24.8 Å². The third-order valence-corrected chi connectivity index (χ3v) is 5.81.